The van der Waals surface area contributed by atoms with Crippen LogP contribution in [0.2, 0.25) is 0 Å². The lowest BCUT2D eigenvalue weighted by atomic mass is 10.1. The lowest BCUT2D eigenvalue weighted by Gasteiger charge is -2.09. The van der Waals surface area contributed by atoms with E-state index in [1.54, 1.807) is 24.3 Å². The number of fused-ring (bicyclic) bond motifs is 1. The molecule has 6 nitrogen and oxygen atoms in total. The van der Waals surface area contributed by atoms with Crippen LogP contribution in [0.3, 0.4) is 0 Å². The average Bonchev–Trinajstić information content (AvgIpc) is 2.38. The maximum absolute atomic E-state index is 11.7. The lowest BCUT2D eigenvalue weighted by Crippen LogP contribution is -2.39. The standard InChI is InChI=1S/C14H15N3O3/c1-8(14(19)20)16-13(18)7-11-4-2-9-6-10(15)3-5-12(9)17-11/h2-6,8H,7,15H2,1H3,(H,16,18)(H,19,20). The van der Waals surface area contributed by atoms with Crippen molar-refractivity contribution in [3.63, 3.8) is 0 Å². The molecular weight excluding hydrogens is 258 g/mol. The number of anilines is 1. The highest BCUT2D eigenvalue weighted by molar-refractivity contribution is 5.86. The highest BCUT2D eigenvalue weighted by atomic mass is 16.4. The van der Waals surface area contributed by atoms with Crippen LogP contribution in [0.25, 0.3) is 10.9 Å². The van der Waals surface area contributed by atoms with Gasteiger partial charge in [0.05, 0.1) is 17.6 Å². The topological polar surface area (TPSA) is 105 Å². The summed E-state index contributed by atoms with van der Waals surface area (Å²) in [5.74, 6) is -1.44. The van der Waals surface area contributed by atoms with E-state index in [0.29, 0.717) is 11.4 Å². The zero-order valence-electron chi connectivity index (χ0n) is 11.0. The van der Waals surface area contributed by atoms with Crippen LogP contribution in [0.15, 0.2) is 30.3 Å². The zero-order chi connectivity index (χ0) is 14.7. The summed E-state index contributed by atoms with van der Waals surface area (Å²) in [7, 11) is 0. The monoisotopic (exact) mass is 273 g/mol. The number of carboxylic acid groups (broad SMARTS) is 1. The Hall–Kier alpha value is -2.63. The van der Waals surface area contributed by atoms with E-state index in [2.05, 4.69) is 10.3 Å². The van der Waals surface area contributed by atoms with Gasteiger partial charge >= 0.3 is 5.97 Å². The molecule has 0 aliphatic carbocycles. The number of pyridine rings is 1. The second-order valence-corrected chi connectivity index (χ2v) is 4.56. The first-order chi connectivity index (χ1) is 9.45. The first-order valence-corrected chi connectivity index (χ1v) is 6.13. The van der Waals surface area contributed by atoms with Gasteiger partial charge in [0.15, 0.2) is 0 Å². The number of aliphatic carboxylic acids is 1. The predicted octanol–water partition coefficient (Wildman–Crippen LogP) is 0.949. The Bertz CT molecular complexity index is 670. The maximum Gasteiger partial charge on any atom is 0.325 e. The average molecular weight is 273 g/mol. The summed E-state index contributed by atoms with van der Waals surface area (Å²) in [5.41, 5.74) is 7.66. The Morgan fingerprint density at radius 3 is 2.80 bits per heavy atom. The molecule has 0 saturated heterocycles. The van der Waals surface area contributed by atoms with Gasteiger partial charge in [-0.05, 0) is 31.2 Å². The van der Waals surface area contributed by atoms with Gasteiger partial charge < -0.3 is 16.2 Å². The molecule has 2 rings (SSSR count). The molecule has 0 fully saturated rings. The van der Waals surface area contributed by atoms with Crippen molar-refractivity contribution in [2.75, 3.05) is 5.73 Å². The highest BCUT2D eigenvalue weighted by Gasteiger charge is 2.14. The number of benzene rings is 1. The lowest BCUT2D eigenvalue weighted by molar-refractivity contribution is -0.141. The minimum absolute atomic E-state index is 0.0396. The fourth-order valence-corrected chi connectivity index (χ4v) is 1.80. The van der Waals surface area contributed by atoms with E-state index in [0.717, 1.165) is 10.9 Å². The van der Waals surface area contributed by atoms with Crippen molar-refractivity contribution in [3.05, 3.63) is 36.0 Å². The fraction of sp³-hybridized carbons (Fsp3) is 0.214. The molecule has 1 heterocycles. The van der Waals surface area contributed by atoms with Crippen molar-refractivity contribution in [1.29, 1.82) is 0 Å². The van der Waals surface area contributed by atoms with Gasteiger partial charge in [0.2, 0.25) is 5.91 Å². The van der Waals surface area contributed by atoms with Crippen molar-refractivity contribution in [1.82, 2.24) is 10.3 Å². The number of aromatic nitrogens is 1. The third kappa shape index (κ3) is 3.23. The van der Waals surface area contributed by atoms with Crippen LogP contribution in [0.4, 0.5) is 5.69 Å². The van der Waals surface area contributed by atoms with Gasteiger partial charge in [-0.1, -0.05) is 6.07 Å². The van der Waals surface area contributed by atoms with Crippen LogP contribution >= 0.6 is 0 Å². The highest BCUT2D eigenvalue weighted by Crippen LogP contribution is 2.16. The molecule has 1 unspecified atom stereocenters. The molecule has 0 aliphatic heterocycles. The summed E-state index contributed by atoms with van der Waals surface area (Å²) in [6.07, 6.45) is 0.0396. The summed E-state index contributed by atoms with van der Waals surface area (Å²) in [4.78, 5) is 26.7. The number of nitrogens with zero attached hydrogens (tertiary/aromatic N) is 1. The van der Waals surface area contributed by atoms with E-state index in [1.807, 2.05) is 6.07 Å². The van der Waals surface area contributed by atoms with E-state index in [9.17, 15) is 9.59 Å². The zero-order valence-corrected chi connectivity index (χ0v) is 11.0. The van der Waals surface area contributed by atoms with Gasteiger partial charge in [-0.25, -0.2) is 0 Å². The molecule has 0 radical (unpaired) electrons. The number of hydrogen-bond donors (Lipinski definition) is 3. The molecule has 0 spiro atoms. The van der Waals surface area contributed by atoms with Gasteiger partial charge in [-0.3, -0.25) is 14.6 Å². The SMILES string of the molecule is CC(NC(=O)Cc1ccc2cc(N)ccc2n1)C(=O)O. The van der Waals surface area contributed by atoms with E-state index in [4.69, 9.17) is 10.8 Å². The Morgan fingerprint density at radius 2 is 2.10 bits per heavy atom. The third-order valence-corrected chi connectivity index (χ3v) is 2.86. The first kappa shape index (κ1) is 13.8. The summed E-state index contributed by atoms with van der Waals surface area (Å²) in [5, 5.41) is 12.0. The van der Waals surface area contributed by atoms with Crippen LogP contribution in [0, 0.1) is 0 Å². The molecule has 1 aromatic heterocycles. The Morgan fingerprint density at radius 1 is 1.35 bits per heavy atom. The van der Waals surface area contributed by atoms with Gasteiger partial charge in [0, 0.05) is 11.1 Å². The maximum atomic E-state index is 11.7. The van der Waals surface area contributed by atoms with E-state index in [1.165, 1.54) is 6.92 Å². The minimum Gasteiger partial charge on any atom is -0.480 e. The van der Waals surface area contributed by atoms with Gasteiger partial charge in [-0.2, -0.15) is 0 Å². The molecule has 6 heteroatoms. The molecular formula is C14H15N3O3. The van der Waals surface area contributed by atoms with Gasteiger partial charge in [0.1, 0.15) is 6.04 Å². The van der Waals surface area contributed by atoms with Crippen molar-refractivity contribution < 1.29 is 14.7 Å². The molecule has 0 bridgehead atoms. The number of carbonyl (C=O) groups excluding carboxylic acids is 1. The Kier molecular flexibility index (Phi) is 3.84. The molecule has 104 valence electrons. The molecule has 0 saturated carbocycles. The number of amides is 1. The summed E-state index contributed by atoms with van der Waals surface area (Å²) < 4.78 is 0. The molecule has 4 N–H and O–H groups in total. The molecule has 2 aromatic rings. The largest absolute Gasteiger partial charge is 0.480 e. The molecule has 20 heavy (non-hydrogen) atoms. The third-order valence-electron chi connectivity index (χ3n) is 2.86. The summed E-state index contributed by atoms with van der Waals surface area (Å²) in [6, 6.07) is 7.98. The number of rotatable bonds is 4. The second-order valence-electron chi connectivity index (χ2n) is 4.56. The normalized spacial score (nSPS) is 12.1. The first-order valence-electron chi connectivity index (χ1n) is 6.13. The van der Waals surface area contributed by atoms with Crippen LogP contribution in [0.5, 0.6) is 0 Å². The van der Waals surface area contributed by atoms with E-state index < -0.39 is 12.0 Å². The number of carbonyl (C=O) groups is 2. The smallest absolute Gasteiger partial charge is 0.325 e. The summed E-state index contributed by atoms with van der Waals surface area (Å²) in [6.45, 7) is 1.41. The number of carboxylic acids is 1. The fourth-order valence-electron chi connectivity index (χ4n) is 1.80. The van der Waals surface area contributed by atoms with Crippen molar-refractivity contribution >= 4 is 28.5 Å². The number of nitrogens with one attached hydrogen (secondary N) is 1. The Balaban J connectivity index is 2.12. The number of nitrogen functional groups attached to an aromatic ring is 1. The van der Waals surface area contributed by atoms with Crippen LogP contribution in [-0.2, 0) is 16.0 Å². The minimum atomic E-state index is -1.07. The molecule has 1 aromatic carbocycles. The summed E-state index contributed by atoms with van der Waals surface area (Å²) >= 11 is 0. The molecule has 1 atom stereocenters. The number of nitrogens with two attached hydrogens (primary N) is 1. The van der Waals surface area contributed by atoms with Gasteiger partial charge in [0.25, 0.3) is 0 Å². The predicted molar refractivity (Wildman–Crippen MR) is 75.1 cm³/mol. The number of hydrogen-bond acceptors (Lipinski definition) is 4. The van der Waals surface area contributed by atoms with Crippen molar-refractivity contribution in [2.24, 2.45) is 0 Å². The van der Waals surface area contributed by atoms with Crippen LogP contribution in [-0.4, -0.2) is 28.0 Å². The quantitative estimate of drug-likeness (QED) is 0.719. The van der Waals surface area contributed by atoms with Crippen LogP contribution in [0.1, 0.15) is 12.6 Å². The van der Waals surface area contributed by atoms with Crippen molar-refractivity contribution in [3.8, 4) is 0 Å². The second kappa shape index (κ2) is 5.56. The van der Waals surface area contributed by atoms with Crippen molar-refractivity contribution in [2.45, 2.75) is 19.4 Å². The van der Waals surface area contributed by atoms with Crippen LogP contribution < -0.4 is 11.1 Å². The Labute approximate surface area is 115 Å². The van der Waals surface area contributed by atoms with E-state index >= 15 is 0 Å². The van der Waals surface area contributed by atoms with Gasteiger partial charge in [-0.15, -0.1) is 0 Å². The van der Waals surface area contributed by atoms with E-state index in [-0.39, 0.29) is 12.3 Å². The molecule has 1 amide bonds. The molecule has 0 aliphatic rings.